The van der Waals surface area contributed by atoms with E-state index in [2.05, 4.69) is 0 Å². The van der Waals surface area contributed by atoms with Crippen LogP contribution in [0.25, 0.3) is 0 Å². The molecule has 0 spiro atoms. The smallest absolute Gasteiger partial charge is 0.181 e. The van der Waals surface area contributed by atoms with Crippen molar-refractivity contribution >= 4 is 0 Å². The lowest BCUT2D eigenvalue weighted by Crippen LogP contribution is -2.29. The number of aliphatic hydroxyl groups is 1. The van der Waals surface area contributed by atoms with Crippen molar-refractivity contribution in [3.05, 3.63) is 0 Å². The first kappa shape index (κ1) is 14.8. The maximum absolute atomic E-state index is 8.58. The number of ether oxygens (including phenoxy) is 3. The highest BCUT2D eigenvalue weighted by atomic mass is 16.7. The molecule has 0 saturated heterocycles. The Morgan fingerprint density at radius 2 is 1.53 bits per heavy atom. The summed E-state index contributed by atoms with van der Waals surface area (Å²) >= 11 is 0. The molecule has 4 nitrogen and oxygen atoms in total. The minimum absolute atomic E-state index is 0.121. The van der Waals surface area contributed by atoms with Crippen LogP contribution in [-0.4, -0.2) is 43.4 Å². The Hall–Kier alpha value is -0.160. The Balaban J connectivity index is 3.69. The van der Waals surface area contributed by atoms with Gasteiger partial charge in [-0.3, -0.25) is 0 Å². The van der Waals surface area contributed by atoms with Gasteiger partial charge in [-0.25, -0.2) is 0 Å². The Morgan fingerprint density at radius 1 is 1.00 bits per heavy atom. The van der Waals surface area contributed by atoms with E-state index >= 15 is 0 Å². The molecule has 0 aromatic carbocycles. The molecular weight excluding hydrogens is 196 g/mol. The van der Waals surface area contributed by atoms with Gasteiger partial charge in [0.25, 0.3) is 0 Å². The molecule has 0 aromatic heterocycles. The fraction of sp³-hybridized carbons (Fsp3) is 1.00. The average molecular weight is 220 g/mol. The van der Waals surface area contributed by atoms with E-state index in [4.69, 9.17) is 19.3 Å². The molecule has 0 saturated carbocycles. The summed E-state index contributed by atoms with van der Waals surface area (Å²) in [5.41, 5.74) is 0. The summed E-state index contributed by atoms with van der Waals surface area (Å²) in [6.45, 7) is 8.96. The number of rotatable bonds is 9. The topological polar surface area (TPSA) is 47.9 Å². The maximum Gasteiger partial charge on any atom is 0.181 e. The molecule has 1 N–H and O–H groups in total. The van der Waals surface area contributed by atoms with Crippen molar-refractivity contribution in [2.75, 3.05) is 19.8 Å². The van der Waals surface area contributed by atoms with Crippen molar-refractivity contribution in [2.45, 2.75) is 52.6 Å². The van der Waals surface area contributed by atoms with Crippen LogP contribution in [0.5, 0.6) is 0 Å². The normalized spacial score (nSPS) is 12.0. The van der Waals surface area contributed by atoms with Gasteiger partial charge in [0.1, 0.15) is 0 Å². The molecule has 4 heteroatoms. The van der Waals surface area contributed by atoms with Crippen LogP contribution < -0.4 is 0 Å². The van der Waals surface area contributed by atoms with Crippen molar-refractivity contribution in [3.63, 3.8) is 0 Å². The lowest BCUT2D eigenvalue weighted by molar-refractivity contribution is -0.205. The first-order chi connectivity index (χ1) is 7.06. The van der Waals surface area contributed by atoms with Crippen molar-refractivity contribution < 1.29 is 19.3 Å². The zero-order valence-corrected chi connectivity index (χ0v) is 10.2. The molecule has 0 aliphatic heterocycles. The summed E-state index contributed by atoms with van der Waals surface area (Å²) in [7, 11) is 0. The fourth-order valence-corrected chi connectivity index (χ4v) is 1.06. The van der Waals surface area contributed by atoms with Crippen LogP contribution in [0.15, 0.2) is 0 Å². The first-order valence-electron chi connectivity index (χ1n) is 5.55. The number of hydrogen-bond donors (Lipinski definition) is 1. The standard InChI is InChI=1S/C11H24O4/c1-9(2)14-11(15-10(3)4)8-13-7-5-6-12/h9-12H,5-8H2,1-4H3. The number of aliphatic hydroxyl groups excluding tert-OH is 1. The summed E-state index contributed by atoms with van der Waals surface area (Å²) in [5.74, 6) is 0. The predicted octanol–water partition coefficient (Wildman–Crippen LogP) is 1.56. The van der Waals surface area contributed by atoms with Gasteiger partial charge in [-0.1, -0.05) is 0 Å². The minimum Gasteiger partial charge on any atom is -0.396 e. The van der Waals surface area contributed by atoms with Crippen molar-refractivity contribution in [1.29, 1.82) is 0 Å². The fourth-order valence-electron chi connectivity index (χ4n) is 1.06. The van der Waals surface area contributed by atoms with Crippen molar-refractivity contribution in [2.24, 2.45) is 0 Å². The summed E-state index contributed by atoms with van der Waals surface area (Å²) in [4.78, 5) is 0. The van der Waals surface area contributed by atoms with E-state index in [0.29, 0.717) is 19.6 Å². The van der Waals surface area contributed by atoms with Gasteiger partial charge in [0, 0.05) is 13.2 Å². The molecule has 0 atom stereocenters. The van der Waals surface area contributed by atoms with Crippen LogP contribution in [0.4, 0.5) is 0 Å². The van der Waals surface area contributed by atoms with Crippen LogP contribution in [0.1, 0.15) is 34.1 Å². The van der Waals surface area contributed by atoms with E-state index in [-0.39, 0.29) is 25.1 Å². The average Bonchev–Trinajstić information content (AvgIpc) is 2.10. The molecular formula is C11H24O4. The zero-order chi connectivity index (χ0) is 11.7. The van der Waals surface area contributed by atoms with Gasteiger partial charge in [-0.15, -0.1) is 0 Å². The third-order valence-electron chi connectivity index (χ3n) is 1.55. The van der Waals surface area contributed by atoms with Crippen LogP contribution in [0.2, 0.25) is 0 Å². The zero-order valence-electron chi connectivity index (χ0n) is 10.2. The quantitative estimate of drug-likeness (QED) is 0.473. The van der Waals surface area contributed by atoms with Gasteiger partial charge in [-0.05, 0) is 34.1 Å². The molecule has 0 amide bonds. The molecule has 0 rings (SSSR count). The molecule has 92 valence electrons. The Labute approximate surface area is 92.5 Å². The predicted molar refractivity (Wildman–Crippen MR) is 58.8 cm³/mol. The molecule has 0 unspecified atom stereocenters. The highest BCUT2D eigenvalue weighted by molar-refractivity contribution is 4.49. The highest BCUT2D eigenvalue weighted by Gasteiger charge is 2.13. The Bertz CT molecular complexity index is 127. The SMILES string of the molecule is CC(C)OC(COCCCO)OC(C)C. The van der Waals surface area contributed by atoms with Crippen LogP contribution in [0, 0.1) is 0 Å². The molecule has 0 aliphatic carbocycles. The van der Waals surface area contributed by atoms with Crippen molar-refractivity contribution in [1.82, 2.24) is 0 Å². The highest BCUT2D eigenvalue weighted by Crippen LogP contribution is 2.04. The second kappa shape index (κ2) is 9.09. The van der Waals surface area contributed by atoms with Gasteiger partial charge in [0.05, 0.1) is 18.8 Å². The second-order valence-corrected chi connectivity index (χ2v) is 3.95. The summed E-state index contributed by atoms with van der Waals surface area (Å²) < 4.78 is 16.4. The van der Waals surface area contributed by atoms with Crippen LogP contribution in [-0.2, 0) is 14.2 Å². The molecule has 0 heterocycles. The third-order valence-corrected chi connectivity index (χ3v) is 1.55. The first-order valence-corrected chi connectivity index (χ1v) is 5.55. The summed E-state index contributed by atoms with van der Waals surface area (Å²) in [6, 6.07) is 0. The molecule has 0 bridgehead atoms. The lowest BCUT2D eigenvalue weighted by Gasteiger charge is -2.22. The van der Waals surface area contributed by atoms with E-state index in [0.717, 1.165) is 0 Å². The lowest BCUT2D eigenvalue weighted by atomic mass is 10.4. The molecule has 15 heavy (non-hydrogen) atoms. The van der Waals surface area contributed by atoms with Crippen LogP contribution in [0.3, 0.4) is 0 Å². The van der Waals surface area contributed by atoms with E-state index < -0.39 is 0 Å². The molecule has 0 aliphatic rings. The van der Waals surface area contributed by atoms with E-state index in [1.807, 2.05) is 27.7 Å². The number of hydrogen-bond acceptors (Lipinski definition) is 4. The van der Waals surface area contributed by atoms with Gasteiger partial charge in [0.2, 0.25) is 0 Å². The minimum atomic E-state index is -0.316. The van der Waals surface area contributed by atoms with Crippen LogP contribution >= 0.6 is 0 Å². The van der Waals surface area contributed by atoms with Gasteiger partial charge < -0.3 is 19.3 Å². The Morgan fingerprint density at radius 3 is 1.93 bits per heavy atom. The monoisotopic (exact) mass is 220 g/mol. The van der Waals surface area contributed by atoms with Crippen molar-refractivity contribution in [3.8, 4) is 0 Å². The summed E-state index contributed by atoms with van der Waals surface area (Å²) in [5, 5.41) is 8.58. The van der Waals surface area contributed by atoms with E-state index in [1.165, 1.54) is 0 Å². The van der Waals surface area contributed by atoms with Gasteiger partial charge in [0.15, 0.2) is 6.29 Å². The molecule has 0 fully saturated rings. The Kier molecular flexibility index (Phi) is 9.00. The second-order valence-electron chi connectivity index (χ2n) is 3.95. The van der Waals surface area contributed by atoms with Gasteiger partial charge in [-0.2, -0.15) is 0 Å². The largest absolute Gasteiger partial charge is 0.396 e. The molecule has 0 radical (unpaired) electrons. The molecule has 0 aromatic rings. The van der Waals surface area contributed by atoms with Gasteiger partial charge >= 0.3 is 0 Å². The van der Waals surface area contributed by atoms with E-state index in [9.17, 15) is 0 Å². The maximum atomic E-state index is 8.58. The van der Waals surface area contributed by atoms with E-state index in [1.54, 1.807) is 0 Å². The third kappa shape index (κ3) is 10.1. The summed E-state index contributed by atoms with van der Waals surface area (Å²) in [6.07, 6.45) is 0.574.